The summed E-state index contributed by atoms with van der Waals surface area (Å²) in [5.74, 6) is 0.262. The van der Waals surface area contributed by atoms with Crippen LogP contribution in [0, 0.1) is 0 Å². The van der Waals surface area contributed by atoms with E-state index in [1.165, 1.54) is 20.5 Å². The number of hydrogen-bond donors (Lipinski definition) is 2. The molecule has 144 valence electrons. The molecule has 1 aromatic carbocycles. The van der Waals surface area contributed by atoms with Crippen LogP contribution in [-0.2, 0) is 0 Å². The zero-order valence-electron chi connectivity index (χ0n) is 15.4. The number of amides is 2. The van der Waals surface area contributed by atoms with Gasteiger partial charge >= 0.3 is 0 Å². The molecule has 27 heavy (non-hydrogen) atoms. The van der Waals surface area contributed by atoms with E-state index in [2.05, 4.69) is 5.32 Å². The molecule has 0 spiro atoms. The number of carbonyl (C=O) groups excluding carboxylic acids is 2. The first-order chi connectivity index (χ1) is 13.0. The summed E-state index contributed by atoms with van der Waals surface area (Å²) in [7, 11) is 2.98. The number of hydrogen-bond acceptors (Lipinski definition) is 6. The molecule has 1 aromatic heterocycles. The summed E-state index contributed by atoms with van der Waals surface area (Å²) in [5, 5.41) is 2.72. The van der Waals surface area contributed by atoms with Gasteiger partial charge in [-0.05, 0) is 31.0 Å². The van der Waals surface area contributed by atoms with Gasteiger partial charge in [0.1, 0.15) is 0 Å². The second kappa shape index (κ2) is 8.13. The van der Waals surface area contributed by atoms with E-state index in [0.29, 0.717) is 35.8 Å². The Hall–Kier alpha value is -3.00. The molecule has 3 rings (SSSR count). The lowest BCUT2D eigenvalue weighted by Gasteiger charge is -2.31. The third-order valence-electron chi connectivity index (χ3n) is 4.49. The number of nitrogens with zero attached hydrogens (tertiary/aromatic N) is 1. The van der Waals surface area contributed by atoms with Crippen LogP contribution >= 0.6 is 0 Å². The van der Waals surface area contributed by atoms with Crippen LogP contribution in [0.2, 0.25) is 0 Å². The molecule has 0 bridgehead atoms. The second-order valence-corrected chi connectivity index (χ2v) is 6.34. The molecule has 1 fully saturated rings. The lowest BCUT2D eigenvalue weighted by Crippen LogP contribution is -2.45. The second-order valence-electron chi connectivity index (χ2n) is 6.34. The predicted octanol–water partition coefficient (Wildman–Crippen LogP) is 2.11. The number of furan rings is 1. The quantitative estimate of drug-likeness (QED) is 0.831. The Labute approximate surface area is 157 Å². The highest BCUT2D eigenvalue weighted by atomic mass is 16.5. The highest BCUT2D eigenvalue weighted by Gasteiger charge is 2.26. The first-order valence-electron chi connectivity index (χ1n) is 8.69. The van der Waals surface area contributed by atoms with Crippen molar-refractivity contribution in [2.45, 2.75) is 18.9 Å². The van der Waals surface area contributed by atoms with E-state index in [-0.39, 0.29) is 17.7 Å². The molecule has 0 saturated carbocycles. The molecule has 1 unspecified atom stereocenters. The van der Waals surface area contributed by atoms with Crippen molar-refractivity contribution in [3.63, 3.8) is 0 Å². The van der Waals surface area contributed by atoms with E-state index < -0.39 is 5.91 Å². The number of nitrogens with one attached hydrogen (secondary N) is 1. The predicted molar refractivity (Wildman–Crippen MR) is 99.3 cm³/mol. The number of methoxy groups -OCH3 is 2. The van der Waals surface area contributed by atoms with Crippen LogP contribution in [0.4, 0.5) is 5.69 Å². The summed E-state index contributed by atoms with van der Waals surface area (Å²) in [6.07, 6.45) is 3.14. The molecule has 1 aliphatic heterocycles. The van der Waals surface area contributed by atoms with Gasteiger partial charge in [-0.2, -0.15) is 0 Å². The average molecular weight is 373 g/mol. The molecule has 0 radical (unpaired) electrons. The topological polar surface area (TPSA) is 107 Å². The first-order valence-corrected chi connectivity index (χ1v) is 8.69. The van der Waals surface area contributed by atoms with E-state index >= 15 is 0 Å². The van der Waals surface area contributed by atoms with E-state index in [1.54, 1.807) is 29.2 Å². The number of nitrogens with two attached hydrogens (primary N) is 1. The summed E-state index contributed by atoms with van der Waals surface area (Å²) in [6, 6.07) is 6.24. The van der Waals surface area contributed by atoms with E-state index in [0.717, 1.165) is 12.8 Å². The van der Waals surface area contributed by atoms with Crippen molar-refractivity contribution >= 4 is 17.5 Å². The van der Waals surface area contributed by atoms with Gasteiger partial charge in [0.25, 0.3) is 11.8 Å². The van der Waals surface area contributed by atoms with E-state index in [1.807, 2.05) is 0 Å². The fraction of sp³-hybridized carbons (Fsp3) is 0.368. The Bertz CT molecular complexity index is 819. The molecule has 2 heterocycles. The van der Waals surface area contributed by atoms with E-state index in [9.17, 15) is 9.59 Å². The van der Waals surface area contributed by atoms with Crippen molar-refractivity contribution in [1.29, 1.82) is 0 Å². The summed E-state index contributed by atoms with van der Waals surface area (Å²) in [5.41, 5.74) is 6.63. The fourth-order valence-corrected chi connectivity index (χ4v) is 3.12. The lowest BCUT2D eigenvalue weighted by atomic mass is 10.0. The van der Waals surface area contributed by atoms with Crippen LogP contribution in [0.5, 0.6) is 11.5 Å². The first kappa shape index (κ1) is 18.8. The number of benzene rings is 1. The minimum Gasteiger partial charge on any atom is -0.493 e. The Morgan fingerprint density at radius 3 is 2.63 bits per heavy atom. The SMILES string of the molecule is COc1cc(NC(=O)c2ccco2)c(C(=O)N2CCCC(N)C2)cc1OC. The van der Waals surface area contributed by atoms with Crippen LogP contribution in [0.1, 0.15) is 33.8 Å². The maximum absolute atomic E-state index is 13.1. The van der Waals surface area contributed by atoms with Gasteiger partial charge in [0.05, 0.1) is 31.7 Å². The smallest absolute Gasteiger partial charge is 0.291 e. The molecule has 2 aromatic rings. The van der Waals surface area contributed by atoms with Crippen LogP contribution in [0.3, 0.4) is 0 Å². The van der Waals surface area contributed by atoms with Gasteiger partial charge in [0.2, 0.25) is 0 Å². The number of ether oxygens (including phenoxy) is 2. The lowest BCUT2D eigenvalue weighted by molar-refractivity contribution is 0.0709. The van der Waals surface area contributed by atoms with Crippen LogP contribution in [-0.4, -0.2) is 50.1 Å². The van der Waals surface area contributed by atoms with Crippen molar-refractivity contribution in [1.82, 2.24) is 4.90 Å². The Morgan fingerprint density at radius 1 is 1.26 bits per heavy atom. The number of piperidine rings is 1. The molecule has 8 nitrogen and oxygen atoms in total. The standard InChI is InChI=1S/C19H23N3O5/c1-25-16-9-13(19(24)22-7-3-5-12(20)11-22)14(10-17(16)26-2)21-18(23)15-6-4-8-27-15/h4,6,8-10,12H,3,5,7,11,20H2,1-2H3,(H,21,23). The van der Waals surface area contributed by atoms with E-state index in [4.69, 9.17) is 19.6 Å². The minimum atomic E-state index is -0.461. The number of rotatable bonds is 5. The number of carbonyl (C=O) groups is 2. The zero-order valence-corrected chi connectivity index (χ0v) is 15.4. The van der Waals surface area contributed by atoms with Gasteiger partial charge in [-0.15, -0.1) is 0 Å². The largest absolute Gasteiger partial charge is 0.493 e. The Kier molecular flexibility index (Phi) is 5.66. The molecule has 1 atom stereocenters. The average Bonchev–Trinajstić information content (AvgIpc) is 3.22. The maximum Gasteiger partial charge on any atom is 0.291 e. The molecule has 3 N–H and O–H groups in total. The highest BCUT2D eigenvalue weighted by Crippen LogP contribution is 2.34. The minimum absolute atomic E-state index is 0.0518. The van der Waals surface area contributed by atoms with Gasteiger partial charge in [0, 0.05) is 25.2 Å². The molecular weight excluding hydrogens is 350 g/mol. The number of likely N-dealkylation sites (tertiary alicyclic amines) is 1. The Balaban J connectivity index is 1.96. The molecule has 2 amide bonds. The fourth-order valence-electron chi connectivity index (χ4n) is 3.12. The molecule has 1 aliphatic rings. The van der Waals surface area contributed by atoms with Crippen LogP contribution in [0.15, 0.2) is 34.9 Å². The van der Waals surface area contributed by atoms with Gasteiger partial charge in [-0.3, -0.25) is 9.59 Å². The van der Waals surface area contributed by atoms with Gasteiger partial charge in [0.15, 0.2) is 17.3 Å². The molecular formula is C19H23N3O5. The molecule has 8 heteroatoms. The third-order valence-corrected chi connectivity index (χ3v) is 4.49. The molecule has 0 aliphatic carbocycles. The highest BCUT2D eigenvalue weighted by molar-refractivity contribution is 6.08. The van der Waals surface area contributed by atoms with Crippen molar-refractivity contribution in [3.05, 3.63) is 41.9 Å². The monoisotopic (exact) mass is 373 g/mol. The van der Waals surface area contributed by atoms with Crippen molar-refractivity contribution in [3.8, 4) is 11.5 Å². The summed E-state index contributed by atoms with van der Waals surface area (Å²) in [6.45, 7) is 1.09. The zero-order chi connectivity index (χ0) is 19.4. The van der Waals surface area contributed by atoms with Gasteiger partial charge < -0.3 is 29.8 Å². The van der Waals surface area contributed by atoms with Gasteiger partial charge in [-0.25, -0.2) is 0 Å². The third kappa shape index (κ3) is 4.06. The molecule has 1 saturated heterocycles. The maximum atomic E-state index is 13.1. The van der Waals surface area contributed by atoms with Crippen molar-refractivity contribution in [2.75, 3.05) is 32.6 Å². The summed E-state index contributed by atoms with van der Waals surface area (Å²) < 4.78 is 15.7. The van der Waals surface area contributed by atoms with Crippen molar-refractivity contribution in [2.24, 2.45) is 5.73 Å². The Morgan fingerprint density at radius 2 is 2.00 bits per heavy atom. The summed E-state index contributed by atoms with van der Waals surface area (Å²) >= 11 is 0. The van der Waals surface area contributed by atoms with Crippen LogP contribution in [0.25, 0.3) is 0 Å². The number of anilines is 1. The van der Waals surface area contributed by atoms with Crippen molar-refractivity contribution < 1.29 is 23.5 Å². The van der Waals surface area contributed by atoms with Crippen LogP contribution < -0.4 is 20.5 Å². The van der Waals surface area contributed by atoms with Gasteiger partial charge in [-0.1, -0.05) is 0 Å². The normalized spacial score (nSPS) is 16.7. The summed E-state index contributed by atoms with van der Waals surface area (Å²) in [4.78, 5) is 27.2.